The lowest BCUT2D eigenvalue weighted by molar-refractivity contribution is -0.128. The number of guanidine groups is 1. The molecule has 0 saturated carbocycles. The van der Waals surface area contributed by atoms with Crippen LogP contribution in [0.15, 0.2) is 29.3 Å². The number of amides is 1. The Bertz CT molecular complexity index is 581. The van der Waals surface area contributed by atoms with Crippen molar-refractivity contribution < 1.29 is 4.79 Å². The minimum absolute atomic E-state index is 0. The summed E-state index contributed by atoms with van der Waals surface area (Å²) >= 11 is 0. The molecule has 1 aliphatic heterocycles. The van der Waals surface area contributed by atoms with E-state index in [4.69, 9.17) is 0 Å². The molecule has 1 aromatic carbocycles. The smallest absolute Gasteiger partial charge is 0.222 e. The van der Waals surface area contributed by atoms with Crippen LogP contribution in [0.3, 0.4) is 0 Å². The fraction of sp³-hybridized carbons (Fsp3) is 0.556. The standard InChI is InChI=1S/C18H28N4O.HI/c1-18(2,3)21-17(19-4)20-12-14-8-5-6-9-15(14)13-22-11-7-10-16(22)23;/h5-6,8-9H,7,10-13H2,1-4H3,(H2,19,20,21);1H. The highest BCUT2D eigenvalue weighted by atomic mass is 127. The van der Waals surface area contributed by atoms with Crippen LogP contribution in [-0.4, -0.2) is 35.9 Å². The Morgan fingerprint density at radius 1 is 1.25 bits per heavy atom. The zero-order chi connectivity index (χ0) is 16.9. The summed E-state index contributed by atoms with van der Waals surface area (Å²) in [5, 5.41) is 6.70. The van der Waals surface area contributed by atoms with Crippen molar-refractivity contribution in [2.75, 3.05) is 13.6 Å². The summed E-state index contributed by atoms with van der Waals surface area (Å²) < 4.78 is 0. The third-order valence-corrected chi connectivity index (χ3v) is 3.81. The van der Waals surface area contributed by atoms with Crippen LogP contribution in [0.25, 0.3) is 0 Å². The molecular weight excluding hydrogens is 415 g/mol. The van der Waals surface area contributed by atoms with E-state index in [1.807, 2.05) is 17.0 Å². The van der Waals surface area contributed by atoms with Gasteiger partial charge in [-0.05, 0) is 38.3 Å². The van der Waals surface area contributed by atoms with Gasteiger partial charge in [-0.1, -0.05) is 24.3 Å². The average Bonchev–Trinajstić information content (AvgIpc) is 2.89. The summed E-state index contributed by atoms with van der Waals surface area (Å²) in [6.07, 6.45) is 1.66. The SMILES string of the molecule is CN=C(NCc1ccccc1CN1CCCC1=O)NC(C)(C)C.I. The van der Waals surface area contributed by atoms with E-state index in [9.17, 15) is 4.79 Å². The average molecular weight is 444 g/mol. The molecule has 0 aromatic heterocycles. The molecule has 0 aliphatic carbocycles. The van der Waals surface area contributed by atoms with E-state index in [0.29, 0.717) is 19.5 Å². The molecule has 1 aliphatic rings. The van der Waals surface area contributed by atoms with Gasteiger partial charge in [-0.2, -0.15) is 0 Å². The normalized spacial score (nSPS) is 15.2. The molecule has 0 spiro atoms. The molecule has 6 heteroatoms. The number of rotatable bonds is 4. The van der Waals surface area contributed by atoms with E-state index in [0.717, 1.165) is 18.9 Å². The second-order valence-corrected chi connectivity index (χ2v) is 6.99. The van der Waals surface area contributed by atoms with E-state index in [1.54, 1.807) is 7.05 Å². The Hall–Kier alpha value is -1.31. The maximum atomic E-state index is 11.8. The molecule has 1 amide bonds. The molecule has 1 aromatic rings. The van der Waals surface area contributed by atoms with Gasteiger partial charge >= 0.3 is 0 Å². The van der Waals surface area contributed by atoms with Crippen molar-refractivity contribution in [2.45, 2.75) is 52.2 Å². The number of nitrogens with zero attached hydrogens (tertiary/aromatic N) is 2. The van der Waals surface area contributed by atoms with E-state index in [-0.39, 0.29) is 35.4 Å². The highest BCUT2D eigenvalue weighted by Gasteiger charge is 2.21. The molecule has 1 heterocycles. The maximum absolute atomic E-state index is 11.8. The van der Waals surface area contributed by atoms with E-state index >= 15 is 0 Å². The molecule has 1 fully saturated rings. The first-order valence-electron chi connectivity index (χ1n) is 8.22. The van der Waals surface area contributed by atoms with Crippen LogP contribution in [0.2, 0.25) is 0 Å². The lowest BCUT2D eigenvalue weighted by atomic mass is 10.1. The molecular formula is C18H29IN4O. The van der Waals surface area contributed by atoms with Gasteiger partial charge in [0.15, 0.2) is 5.96 Å². The van der Waals surface area contributed by atoms with Gasteiger partial charge in [0, 0.05) is 38.6 Å². The molecule has 5 nitrogen and oxygen atoms in total. The Balaban J connectivity index is 0.00000288. The first kappa shape index (κ1) is 20.7. The van der Waals surface area contributed by atoms with Crippen molar-refractivity contribution in [3.05, 3.63) is 35.4 Å². The monoisotopic (exact) mass is 444 g/mol. The maximum Gasteiger partial charge on any atom is 0.222 e. The van der Waals surface area contributed by atoms with Crippen LogP contribution >= 0.6 is 24.0 Å². The van der Waals surface area contributed by atoms with Crippen LogP contribution in [-0.2, 0) is 17.9 Å². The molecule has 134 valence electrons. The molecule has 0 unspecified atom stereocenters. The number of carbonyl (C=O) groups is 1. The highest BCUT2D eigenvalue weighted by Crippen LogP contribution is 2.17. The minimum atomic E-state index is -0.0384. The van der Waals surface area contributed by atoms with E-state index in [2.05, 4.69) is 48.5 Å². The van der Waals surface area contributed by atoms with Gasteiger partial charge in [-0.25, -0.2) is 0 Å². The van der Waals surface area contributed by atoms with Crippen LogP contribution in [0.1, 0.15) is 44.7 Å². The molecule has 0 radical (unpaired) electrons. The Labute approximate surface area is 162 Å². The van der Waals surface area contributed by atoms with Gasteiger partial charge in [-0.3, -0.25) is 9.79 Å². The number of aliphatic imine (C=N–C) groups is 1. The number of likely N-dealkylation sites (tertiary alicyclic amines) is 1. The molecule has 0 bridgehead atoms. The zero-order valence-corrected chi connectivity index (χ0v) is 17.4. The fourth-order valence-corrected chi connectivity index (χ4v) is 2.67. The third kappa shape index (κ3) is 6.30. The van der Waals surface area contributed by atoms with Crippen LogP contribution in [0.5, 0.6) is 0 Å². The molecule has 0 atom stereocenters. The van der Waals surface area contributed by atoms with Crippen molar-refractivity contribution in [3.8, 4) is 0 Å². The highest BCUT2D eigenvalue weighted by molar-refractivity contribution is 14.0. The Morgan fingerprint density at radius 2 is 1.92 bits per heavy atom. The van der Waals surface area contributed by atoms with Crippen LogP contribution < -0.4 is 10.6 Å². The quantitative estimate of drug-likeness (QED) is 0.427. The first-order chi connectivity index (χ1) is 10.9. The van der Waals surface area contributed by atoms with Gasteiger partial charge in [0.05, 0.1) is 0 Å². The van der Waals surface area contributed by atoms with Gasteiger partial charge in [0.1, 0.15) is 0 Å². The summed E-state index contributed by atoms with van der Waals surface area (Å²) in [6, 6.07) is 8.27. The van der Waals surface area contributed by atoms with Gasteiger partial charge in [-0.15, -0.1) is 24.0 Å². The number of halogens is 1. The number of hydrogen-bond acceptors (Lipinski definition) is 2. The second kappa shape index (κ2) is 9.25. The topological polar surface area (TPSA) is 56.7 Å². The third-order valence-electron chi connectivity index (χ3n) is 3.81. The number of hydrogen-bond donors (Lipinski definition) is 2. The van der Waals surface area contributed by atoms with E-state index in [1.165, 1.54) is 11.1 Å². The summed E-state index contributed by atoms with van der Waals surface area (Å²) in [7, 11) is 1.77. The predicted molar refractivity (Wildman–Crippen MR) is 110 cm³/mol. The van der Waals surface area contributed by atoms with Gasteiger partial charge in [0.25, 0.3) is 0 Å². The number of carbonyl (C=O) groups excluding carboxylic acids is 1. The van der Waals surface area contributed by atoms with E-state index < -0.39 is 0 Å². The summed E-state index contributed by atoms with van der Waals surface area (Å²) in [5.41, 5.74) is 2.36. The van der Waals surface area contributed by atoms with Crippen LogP contribution in [0, 0.1) is 0 Å². The molecule has 24 heavy (non-hydrogen) atoms. The Morgan fingerprint density at radius 3 is 2.46 bits per heavy atom. The van der Waals surface area contributed by atoms with Crippen molar-refractivity contribution in [1.82, 2.24) is 15.5 Å². The van der Waals surface area contributed by atoms with Gasteiger partial charge in [0.2, 0.25) is 5.91 Å². The summed E-state index contributed by atoms with van der Waals surface area (Å²) in [4.78, 5) is 18.0. The van der Waals surface area contributed by atoms with Crippen molar-refractivity contribution in [2.24, 2.45) is 4.99 Å². The van der Waals surface area contributed by atoms with Crippen LogP contribution in [0.4, 0.5) is 0 Å². The predicted octanol–water partition coefficient (Wildman–Crippen LogP) is 2.89. The summed E-state index contributed by atoms with van der Waals surface area (Å²) in [5.74, 6) is 1.04. The molecule has 2 rings (SSSR count). The van der Waals surface area contributed by atoms with Crippen molar-refractivity contribution in [3.63, 3.8) is 0 Å². The van der Waals surface area contributed by atoms with Gasteiger partial charge < -0.3 is 15.5 Å². The zero-order valence-electron chi connectivity index (χ0n) is 15.1. The lowest BCUT2D eigenvalue weighted by Crippen LogP contribution is -2.47. The van der Waals surface area contributed by atoms with Crippen molar-refractivity contribution in [1.29, 1.82) is 0 Å². The second-order valence-electron chi connectivity index (χ2n) is 6.99. The lowest BCUT2D eigenvalue weighted by Gasteiger charge is -2.24. The summed E-state index contributed by atoms with van der Waals surface area (Å²) in [6.45, 7) is 8.57. The first-order valence-corrected chi connectivity index (χ1v) is 8.22. The number of nitrogens with one attached hydrogen (secondary N) is 2. The van der Waals surface area contributed by atoms with Crippen molar-refractivity contribution >= 4 is 35.8 Å². The Kier molecular flexibility index (Phi) is 7.99. The molecule has 1 saturated heterocycles. The fourth-order valence-electron chi connectivity index (χ4n) is 2.67. The number of benzene rings is 1. The molecule has 2 N–H and O–H groups in total. The minimum Gasteiger partial charge on any atom is -0.352 e. The largest absolute Gasteiger partial charge is 0.352 e.